The average Bonchev–Trinajstić information content (AvgIpc) is 3.08. The van der Waals surface area contributed by atoms with Crippen LogP contribution in [0, 0.1) is 5.82 Å². The Morgan fingerprint density at radius 3 is 1.58 bits per heavy atom. The molecule has 0 heterocycles. The molecule has 1 unspecified atom stereocenters. The van der Waals surface area contributed by atoms with Crippen molar-refractivity contribution < 1.29 is 37.7 Å². The quantitative estimate of drug-likeness (QED) is 0.0601. The third-order valence-electron chi connectivity index (χ3n) is 8.05. The summed E-state index contributed by atoms with van der Waals surface area (Å²) in [7, 11) is 0. The minimum Gasteiger partial charge on any atom is -0.491 e. The maximum Gasteiger partial charge on any atom is 0.343 e. The van der Waals surface area contributed by atoms with Gasteiger partial charge in [-0.15, -0.1) is 0 Å². The normalized spacial score (nSPS) is 11.5. The van der Waals surface area contributed by atoms with Crippen LogP contribution < -0.4 is 14.2 Å². The fourth-order valence-corrected chi connectivity index (χ4v) is 5.16. The highest BCUT2D eigenvalue weighted by atomic mass is 19.1. The van der Waals surface area contributed by atoms with Gasteiger partial charge in [0.25, 0.3) is 0 Å². The lowest BCUT2D eigenvalue weighted by molar-refractivity contribution is 0.0319. The molecule has 0 fully saturated rings. The number of hydrogen-bond acceptors (Lipinski definition) is 7. The topological polar surface area (TPSA) is 88.1 Å². The molecule has 0 aliphatic rings. The van der Waals surface area contributed by atoms with Crippen LogP contribution in [-0.2, 0) is 4.74 Å². The van der Waals surface area contributed by atoms with E-state index in [1.807, 2.05) is 6.92 Å². The molecule has 8 heteroatoms. The number of benzene rings is 3. The molecule has 0 bridgehead atoms. The highest BCUT2D eigenvalue weighted by Crippen LogP contribution is 2.22. The Labute approximate surface area is 285 Å². The van der Waals surface area contributed by atoms with Crippen LogP contribution in [-0.4, -0.2) is 30.6 Å². The fourth-order valence-electron chi connectivity index (χ4n) is 5.16. The van der Waals surface area contributed by atoms with Crippen molar-refractivity contribution in [1.29, 1.82) is 0 Å². The first kappa shape index (κ1) is 38.2. The van der Waals surface area contributed by atoms with Crippen molar-refractivity contribution in [3.63, 3.8) is 0 Å². The van der Waals surface area contributed by atoms with Gasteiger partial charge in [0.2, 0.25) is 0 Å². The predicted octanol–water partition coefficient (Wildman–Crippen LogP) is 10.7. The van der Waals surface area contributed by atoms with E-state index in [1.54, 1.807) is 12.1 Å². The van der Waals surface area contributed by atoms with Crippen molar-refractivity contribution in [3.05, 3.63) is 89.2 Å². The number of ether oxygens (including phenoxy) is 4. The Morgan fingerprint density at radius 2 is 1.04 bits per heavy atom. The number of rotatable bonds is 22. The summed E-state index contributed by atoms with van der Waals surface area (Å²) in [5, 5.41) is 0. The monoisotopic (exact) mass is 662 g/mol. The van der Waals surface area contributed by atoms with Gasteiger partial charge >= 0.3 is 17.9 Å². The first-order chi connectivity index (χ1) is 23.3. The molecule has 0 spiro atoms. The third-order valence-corrected chi connectivity index (χ3v) is 8.05. The van der Waals surface area contributed by atoms with Gasteiger partial charge in [0.05, 0.1) is 29.4 Å². The van der Waals surface area contributed by atoms with Crippen molar-refractivity contribution in [1.82, 2.24) is 0 Å². The summed E-state index contributed by atoms with van der Waals surface area (Å²) in [4.78, 5) is 37.7. The van der Waals surface area contributed by atoms with Crippen molar-refractivity contribution in [2.24, 2.45) is 0 Å². The van der Waals surface area contributed by atoms with Crippen LogP contribution in [0.25, 0.3) is 0 Å². The molecule has 0 aliphatic heterocycles. The lowest BCUT2D eigenvalue weighted by atomic mass is 10.1. The summed E-state index contributed by atoms with van der Waals surface area (Å²) in [6.07, 6.45) is 15.8. The fraction of sp³-hybridized carbons (Fsp3) is 0.475. The number of hydrogen-bond donors (Lipinski definition) is 0. The molecule has 260 valence electrons. The maximum atomic E-state index is 14.6. The lowest BCUT2D eigenvalue weighted by Crippen LogP contribution is -2.15. The second-order valence-electron chi connectivity index (χ2n) is 12.2. The van der Waals surface area contributed by atoms with Gasteiger partial charge < -0.3 is 18.9 Å². The zero-order valence-electron chi connectivity index (χ0n) is 28.8. The standard InChI is InChI=1S/C40H51FO7/c1-4-6-8-10-11-12-13-14-16-28-45-37-27-22-33(29-36(37)41)40(44)48-35-25-20-32(21-26-35)39(43)47-34-23-18-31(19-24-34)38(42)46-30(3)17-15-9-7-5-2/h18-27,29-30H,4-17,28H2,1-3H3. The number of unbranched alkanes of at least 4 members (excludes halogenated alkanes) is 11. The minimum atomic E-state index is -0.737. The highest BCUT2D eigenvalue weighted by molar-refractivity contribution is 5.93. The van der Waals surface area contributed by atoms with Crippen LogP contribution in [0.3, 0.4) is 0 Å². The molecule has 0 aromatic heterocycles. The van der Waals surface area contributed by atoms with Gasteiger partial charge in [-0.05, 0) is 92.9 Å². The summed E-state index contributed by atoms with van der Waals surface area (Å²) in [5.74, 6) is -1.85. The molecule has 3 aromatic carbocycles. The molecule has 0 radical (unpaired) electrons. The van der Waals surface area contributed by atoms with E-state index < -0.39 is 23.7 Å². The Morgan fingerprint density at radius 1 is 0.583 bits per heavy atom. The van der Waals surface area contributed by atoms with Crippen molar-refractivity contribution >= 4 is 17.9 Å². The molecular formula is C40H51FO7. The van der Waals surface area contributed by atoms with E-state index in [2.05, 4.69) is 13.8 Å². The Balaban J connectivity index is 1.40. The lowest BCUT2D eigenvalue weighted by Gasteiger charge is -2.13. The van der Waals surface area contributed by atoms with Gasteiger partial charge in [-0.3, -0.25) is 0 Å². The number of carbonyl (C=O) groups is 3. The SMILES string of the molecule is CCCCCCCCCCCOc1ccc(C(=O)Oc2ccc(C(=O)Oc3ccc(C(=O)OC(C)CCCCCC)cc3)cc2)cc1F. The van der Waals surface area contributed by atoms with Gasteiger partial charge in [0, 0.05) is 0 Å². The second kappa shape index (κ2) is 21.6. The van der Waals surface area contributed by atoms with Gasteiger partial charge in [0.1, 0.15) is 11.5 Å². The smallest absolute Gasteiger partial charge is 0.343 e. The summed E-state index contributed by atoms with van der Waals surface area (Å²) in [5.41, 5.74) is 0.646. The van der Waals surface area contributed by atoms with Crippen LogP contribution >= 0.6 is 0 Å². The van der Waals surface area contributed by atoms with Crippen molar-refractivity contribution in [3.8, 4) is 17.2 Å². The molecule has 3 aromatic rings. The largest absolute Gasteiger partial charge is 0.491 e. The van der Waals surface area contributed by atoms with E-state index >= 15 is 0 Å². The number of carbonyl (C=O) groups excluding carboxylic acids is 3. The van der Waals surface area contributed by atoms with Gasteiger partial charge in [0.15, 0.2) is 11.6 Å². The Kier molecular flexibility index (Phi) is 17.2. The Hall–Kier alpha value is -4.20. The van der Waals surface area contributed by atoms with E-state index in [1.165, 1.54) is 93.5 Å². The van der Waals surface area contributed by atoms with Crippen LogP contribution in [0.5, 0.6) is 17.2 Å². The number of halogens is 1. The van der Waals surface area contributed by atoms with E-state index in [-0.39, 0.29) is 34.5 Å². The van der Waals surface area contributed by atoms with E-state index in [0.717, 1.165) is 51.0 Å². The number of esters is 3. The molecule has 0 N–H and O–H groups in total. The zero-order valence-corrected chi connectivity index (χ0v) is 28.8. The molecule has 0 saturated heterocycles. The summed E-state index contributed by atoms with van der Waals surface area (Å²) >= 11 is 0. The second-order valence-corrected chi connectivity index (χ2v) is 12.2. The highest BCUT2D eigenvalue weighted by Gasteiger charge is 2.16. The van der Waals surface area contributed by atoms with E-state index in [0.29, 0.717) is 12.2 Å². The first-order valence-corrected chi connectivity index (χ1v) is 17.6. The molecule has 0 saturated carbocycles. The maximum absolute atomic E-state index is 14.6. The van der Waals surface area contributed by atoms with E-state index in [9.17, 15) is 18.8 Å². The molecule has 0 amide bonds. The summed E-state index contributed by atoms with van der Waals surface area (Å²) in [6, 6.07) is 16.0. The zero-order chi connectivity index (χ0) is 34.6. The molecular weight excluding hydrogens is 611 g/mol. The van der Waals surface area contributed by atoms with Gasteiger partial charge in [-0.2, -0.15) is 0 Å². The van der Waals surface area contributed by atoms with E-state index in [4.69, 9.17) is 18.9 Å². The molecule has 48 heavy (non-hydrogen) atoms. The first-order valence-electron chi connectivity index (χ1n) is 17.6. The molecule has 0 aliphatic carbocycles. The van der Waals surface area contributed by atoms with Crippen molar-refractivity contribution in [2.75, 3.05) is 6.61 Å². The van der Waals surface area contributed by atoms with Crippen LogP contribution in [0.15, 0.2) is 66.7 Å². The van der Waals surface area contributed by atoms with Crippen LogP contribution in [0.4, 0.5) is 4.39 Å². The molecule has 7 nitrogen and oxygen atoms in total. The third kappa shape index (κ3) is 13.9. The Bertz CT molecular complexity index is 1400. The van der Waals surface area contributed by atoms with Crippen LogP contribution in [0.1, 0.15) is 142 Å². The summed E-state index contributed by atoms with van der Waals surface area (Å²) in [6.45, 7) is 6.68. The minimum absolute atomic E-state index is 0.0418. The van der Waals surface area contributed by atoms with Gasteiger partial charge in [-0.1, -0.05) is 84.5 Å². The predicted molar refractivity (Wildman–Crippen MR) is 186 cm³/mol. The molecule has 3 rings (SSSR count). The average molecular weight is 663 g/mol. The van der Waals surface area contributed by atoms with Gasteiger partial charge in [-0.25, -0.2) is 18.8 Å². The molecule has 1 atom stereocenters. The van der Waals surface area contributed by atoms with Crippen LogP contribution in [0.2, 0.25) is 0 Å². The summed E-state index contributed by atoms with van der Waals surface area (Å²) < 4.78 is 36.5. The van der Waals surface area contributed by atoms with Crippen molar-refractivity contribution in [2.45, 2.75) is 117 Å².